The number of ether oxygens (including phenoxy) is 1. The van der Waals surface area contributed by atoms with E-state index in [4.69, 9.17) is 4.74 Å². The highest BCUT2D eigenvalue weighted by atomic mass is 16.5. The minimum absolute atomic E-state index is 0.510. The molecule has 1 heterocycles. The Morgan fingerprint density at radius 1 is 1.11 bits per heavy atom. The molecule has 0 aliphatic carbocycles. The summed E-state index contributed by atoms with van der Waals surface area (Å²) in [6.45, 7) is 6.06. The molecule has 18 heavy (non-hydrogen) atoms. The van der Waals surface area contributed by atoms with Crippen molar-refractivity contribution >= 4 is 6.29 Å². The highest BCUT2D eigenvalue weighted by Crippen LogP contribution is 2.30. The van der Waals surface area contributed by atoms with E-state index in [1.165, 1.54) is 11.8 Å². The van der Waals surface area contributed by atoms with E-state index >= 15 is 0 Å². The Bertz CT molecular complexity index is 591. The molecule has 0 atom stereocenters. The topological polar surface area (TPSA) is 39.2 Å². The predicted octanol–water partition coefficient (Wildman–Crippen LogP) is 3.61. The molecule has 0 aliphatic heterocycles. The summed E-state index contributed by atoms with van der Waals surface area (Å²) in [6, 6.07) is 5.77. The van der Waals surface area contributed by atoms with Gasteiger partial charge in [-0.3, -0.25) is 9.78 Å². The molecule has 0 aliphatic rings. The Hall–Kier alpha value is -2.16. The Morgan fingerprint density at radius 2 is 1.83 bits per heavy atom. The average molecular weight is 241 g/mol. The Balaban J connectivity index is 2.39. The second kappa shape index (κ2) is 5.00. The quantitative estimate of drug-likeness (QED) is 0.770. The van der Waals surface area contributed by atoms with Crippen LogP contribution in [0, 0.1) is 20.8 Å². The number of rotatable bonds is 3. The van der Waals surface area contributed by atoms with Crippen molar-refractivity contribution in [3.63, 3.8) is 0 Å². The third kappa shape index (κ3) is 2.40. The monoisotopic (exact) mass is 241 g/mol. The van der Waals surface area contributed by atoms with Crippen LogP contribution in [0.2, 0.25) is 0 Å². The highest BCUT2D eigenvalue weighted by Gasteiger charge is 2.08. The van der Waals surface area contributed by atoms with Crippen LogP contribution in [0.3, 0.4) is 0 Å². The van der Waals surface area contributed by atoms with Gasteiger partial charge in [-0.15, -0.1) is 0 Å². The van der Waals surface area contributed by atoms with Gasteiger partial charge in [-0.1, -0.05) is 12.1 Å². The van der Waals surface area contributed by atoms with Crippen molar-refractivity contribution in [2.75, 3.05) is 0 Å². The predicted molar refractivity (Wildman–Crippen MR) is 70.4 cm³/mol. The van der Waals surface area contributed by atoms with Crippen molar-refractivity contribution in [3.8, 4) is 11.5 Å². The Morgan fingerprint density at radius 3 is 2.56 bits per heavy atom. The van der Waals surface area contributed by atoms with E-state index in [2.05, 4.69) is 11.1 Å². The molecular weight excluding hydrogens is 226 g/mol. The summed E-state index contributed by atoms with van der Waals surface area (Å²) in [6.07, 6.45) is 3.87. The number of hydrogen-bond donors (Lipinski definition) is 0. The van der Waals surface area contributed by atoms with E-state index in [1.54, 1.807) is 12.3 Å². The molecule has 0 N–H and O–H groups in total. The minimum Gasteiger partial charge on any atom is -0.455 e. The van der Waals surface area contributed by atoms with Gasteiger partial charge in [-0.2, -0.15) is 0 Å². The van der Waals surface area contributed by atoms with Crippen molar-refractivity contribution in [2.24, 2.45) is 0 Å². The lowest BCUT2D eigenvalue weighted by atomic mass is 10.1. The first-order valence-electron chi connectivity index (χ1n) is 5.76. The van der Waals surface area contributed by atoms with E-state index in [9.17, 15) is 4.79 Å². The molecule has 1 aromatic heterocycles. The number of carbonyl (C=O) groups is 1. The fraction of sp³-hybridized carbons (Fsp3) is 0.200. The third-order valence-corrected chi connectivity index (χ3v) is 2.96. The third-order valence-electron chi connectivity index (χ3n) is 2.96. The molecule has 0 spiro atoms. The maximum absolute atomic E-state index is 10.7. The summed E-state index contributed by atoms with van der Waals surface area (Å²) >= 11 is 0. The average Bonchev–Trinajstić information content (AvgIpc) is 2.39. The van der Waals surface area contributed by atoms with Gasteiger partial charge in [0.05, 0.1) is 6.20 Å². The number of hydrogen-bond acceptors (Lipinski definition) is 3. The van der Waals surface area contributed by atoms with Crippen molar-refractivity contribution < 1.29 is 9.53 Å². The number of nitrogens with zero attached hydrogens (tertiary/aromatic N) is 1. The summed E-state index contributed by atoms with van der Waals surface area (Å²) in [5, 5.41) is 0. The van der Waals surface area contributed by atoms with Crippen LogP contribution < -0.4 is 4.74 Å². The van der Waals surface area contributed by atoms with Crippen molar-refractivity contribution in [3.05, 3.63) is 52.8 Å². The van der Waals surface area contributed by atoms with Crippen molar-refractivity contribution in [2.45, 2.75) is 20.8 Å². The first-order valence-corrected chi connectivity index (χ1v) is 5.76. The number of aldehydes is 1. The number of carbonyl (C=O) groups excluding carboxylic acids is 1. The lowest BCUT2D eigenvalue weighted by Crippen LogP contribution is -1.94. The summed E-state index contributed by atoms with van der Waals surface area (Å²) in [5.41, 5.74) is 3.85. The van der Waals surface area contributed by atoms with Gasteiger partial charge in [-0.05, 0) is 43.5 Å². The van der Waals surface area contributed by atoms with Crippen LogP contribution in [0.4, 0.5) is 0 Å². The largest absolute Gasteiger partial charge is 0.455 e. The van der Waals surface area contributed by atoms with Gasteiger partial charge in [-0.25, -0.2) is 0 Å². The molecule has 92 valence electrons. The fourth-order valence-corrected chi connectivity index (χ4v) is 1.76. The zero-order valence-corrected chi connectivity index (χ0v) is 10.7. The zero-order chi connectivity index (χ0) is 13.1. The van der Waals surface area contributed by atoms with Gasteiger partial charge in [0.15, 0.2) is 6.29 Å². The van der Waals surface area contributed by atoms with E-state index in [1.807, 2.05) is 26.8 Å². The minimum atomic E-state index is 0.510. The van der Waals surface area contributed by atoms with Crippen molar-refractivity contribution in [1.82, 2.24) is 4.98 Å². The maximum atomic E-state index is 10.7. The normalized spacial score (nSPS) is 10.2. The Kier molecular flexibility index (Phi) is 3.42. The van der Waals surface area contributed by atoms with Crippen molar-refractivity contribution in [1.29, 1.82) is 0 Å². The van der Waals surface area contributed by atoms with Gasteiger partial charge >= 0.3 is 0 Å². The van der Waals surface area contributed by atoms with Crippen LogP contribution >= 0.6 is 0 Å². The smallest absolute Gasteiger partial charge is 0.151 e. The molecule has 0 radical (unpaired) electrons. The van der Waals surface area contributed by atoms with Gasteiger partial charge in [0.25, 0.3) is 0 Å². The van der Waals surface area contributed by atoms with E-state index < -0.39 is 0 Å². The SMILES string of the molecule is Cc1ccc(C)c(Oc2cncc(C=O)c2)c1C. The molecule has 0 bridgehead atoms. The molecule has 1 aromatic carbocycles. The zero-order valence-electron chi connectivity index (χ0n) is 10.7. The second-order valence-electron chi connectivity index (χ2n) is 4.33. The molecule has 3 heteroatoms. The fourth-order valence-electron chi connectivity index (χ4n) is 1.76. The van der Waals surface area contributed by atoms with Crippen LogP contribution in [0.5, 0.6) is 11.5 Å². The summed E-state index contributed by atoms with van der Waals surface area (Å²) < 4.78 is 5.84. The number of aryl methyl sites for hydroxylation is 2. The number of benzene rings is 1. The molecule has 0 amide bonds. The molecule has 2 rings (SSSR count). The lowest BCUT2D eigenvalue weighted by molar-refractivity contribution is 0.112. The van der Waals surface area contributed by atoms with Crippen LogP contribution in [0.1, 0.15) is 27.0 Å². The van der Waals surface area contributed by atoms with E-state index in [-0.39, 0.29) is 0 Å². The van der Waals surface area contributed by atoms with Crippen LogP contribution in [-0.2, 0) is 0 Å². The summed E-state index contributed by atoms with van der Waals surface area (Å²) in [4.78, 5) is 14.7. The molecule has 0 unspecified atom stereocenters. The first kappa shape index (κ1) is 12.3. The Labute approximate surface area is 106 Å². The van der Waals surface area contributed by atoms with Gasteiger partial charge in [0.2, 0.25) is 0 Å². The second-order valence-corrected chi connectivity index (χ2v) is 4.33. The standard InChI is InChI=1S/C15H15NO2/c1-10-4-5-11(2)15(12(10)3)18-14-6-13(9-17)7-16-8-14/h4-9H,1-3H3. The molecule has 0 saturated carbocycles. The molecular formula is C15H15NO2. The van der Waals surface area contributed by atoms with Crippen LogP contribution in [-0.4, -0.2) is 11.3 Å². The molecule has 2 aromatic rings. The van der Waals surface area contributed by atoms with E-state index in [0.29, 0.717) is 11.3 Å². The van der Waals surface area contributed by atoms with Gasteiger partial charge in [0.1, 0.15) is 11.5 Å². The lowest BCUT2D eigenvalue weighted by Gasteiger charge is -2.13. The van der Waals surface area contributed by atoms with Gasteiger partial charge < -0.3 is 4.74 Å². The number of aromatic nitrogens is 1. The number of pyridine rings is 1. The maximum Gasteiger partial charge on any atom is 0.151 e. The first-order chi connectivity index (χ1) is 8.61. The molecule has 0 fully saturated rings. The van der Waals surface area contributed by atoms with E-state index in [0.717, 1.165) is 23.2 Å². The van der Waals surface area contributed by atoms with Gasteiger partial charge in [0, 0.05) is 11.8 Å². The highest BCUT2D eigenvalue weighted by molar-refractivity contribution is 5.74. The summed E-state index contributed by atoms with van der Waals surface area (Å²) in [7, 11) is 0. The van der Waals surface area contributed by atoms with Crippen LogP contribution in [0.25, 0.3) is 0 Å². The summed E-state index contributed by atoms with van der Waals surface area (Å²) in [5.74, 6) is 1.41. The molecule has 0 saturated heterocycles. The molecule has 3 nitrogen and oxygen atoms in total. The van der Waals surface area contributed by atoms with Crippen LogP contribution in [0.15, 0.2) is 30.6 Å².